The van der Waals surface area contributed by atoms with Crippen LogP contribution in [0.2, 0.25) is 5.02 Å². The largest absolute Gasteiger partial charge is 0.244 e. The Morgan fingerprint density at radius 2 is 1.94 bits per heavy atom. The molecule has 0 atom stereocenters. The standard InChI is InChI=1S/C10H11ClN2O2S/c1-2-13(8-7-12)16(14,15)10-5-3-9(11)4-6-10/h3-6H,2,8H2,1H3. The molecule has 0 spiro atoms. The summed E-state index contributed by atoms with van der Waals surface area (Å²) >= 11 is 5.68. The van der Waals surface area contributed by atoms with Crippen LogP contribution < -0.4 is 0 Å². The molecule has 0 saturated carbocycles. The van der Waals surface area contributed by atoms with E-state index >= 15 is 0 Å². The molecule has 16 heavy (non-hydrogen) atoms. The van der Waals surface area contributed by atoms with Gasteiger partial charge in [-0.1, -0.05) is 18.5 Å². The molecule has 1 rings (SSSR count). The highest BCUT2D eigenvalue weighted by molar-refractivity contribution is 7.89. The lowest BCUT2D eigenvalue weighted by Gasteiger charge is -2.16. The van der Waals surface area contributed by atoms with E-state index in [2.05, 4.69) is 0 Å². The van der Waals surface area contributed by atoms with E-state index in [1.807, 2.05) is 6.07 Å². The molecule has 0 aromatic heterocycles. The summed E-state index contributed by atoms with van der Waals surface area (Å²) in [5.41, 5.74) is 0. The smallest absolute Gasteiger partial charge is 0.207 e. The van der Waals surface area contributed by atoms with E-state index in [9.17, 15) is 8.42 Å². The topological polar surface area (TPSA) is 61.2 Å². The van der Waals surface area contributed by atoms with Crippen LogP contribution in [0.3, 0.4) is 0 Å². The predicted molar refractivity (Wildman–Crippen MR) is 61.5 cm³/mol. The second kappa shape index (κ2) is 5.30. The van der Waals surface area contributed by atoms with Crippen molar-refractivity contribution in [2.24, 2.45) is 0 Å². The number of halogens is 1. The summed E-state index contributed by atoms with van der Waals surface area (Å²) in [6.45, 7) is 1.80. The number of nitriles is 1. The Hall–Kier alpha value is -1.09. The van der Waals surface area contributed by atoms with Gasteiger partial charge in [-0.25, -0.2) is 8.42 Å². The summed E-state index contributed by atoms with van der Waals surface area (Å²) in [5, 5.41) is 9.02. The Balaban J connectivity index is 3.10. The van der Waals surface area contributed by atoms with Gasteiger partial charge in [-0.3, -0.25) is 0 Å². The molecule has 1 aromatic carbocycles. The van der Waals surface area contributed by atoms with Crippen LogP contribution in [0.5, 0.6) is 0 Å². The minimum atomic E-state index is -3.58. The number of nitrogens with zero attached hydrogens (tertiary/aromatic N) is 2. The SMILES string of the molecule is CCN(CC#N)S(=O)(=O)c1ccc(Cl)cc1. The van der Waals surface area contributed by atoms with E-state index in [-0.39, 0.29) is 18.0 Å². The number of sulfonamides is 1. The second-order valence-electron chi connectivity index (χ2n) is 3.04. The maximum absolute atomic E-state index is 12.0. The Morgan fingerprint density at radius 3 is 2.38 bits per heavy atom. The van der Waals surface area contributed by atoms with Crippen LogP contribution in [-0.4, -0.2) is 25.8 Å². The third-order valence-electron chi connectivity index (χ3n) is 2.05. The van der Waals surface area contributed by atoms with Gasteiger partial charge >= 0.3 is 0 Å². The Bertz CT molecular complexity index is 491. The zero-order valence-electron chi connectivity index (χ0n) is 8.72. The third kappa shape index (κ3) is 2.73. The van der Waals surface area contributed by atoms with Gasteiger partial charge in [0, 0.05) is 11.6 Å². The first kappa shape index (κ1) is 13.0. The molecule has 0 amide bonds. The van der Waals surface area contributed by atoms with Gasteiger partial charge in [0.25, 0.3) is 0 Å². The summed E-state index contributed by atoms with van der Waals surface area (Å²) in [4.78, 5) is 0.147. The molecule has 1 aromatic rings. The molecule has 0 bridgehead atoms. The maximum Gasteiger partial charge on any atom is 0.244 e. The molecule has 0 aliphatic carbocycles. The lowest BCUT2D eigenvalue weighted by Crippen LogP contribution is -2.31. The molecule has 0 saturated heterocycles. The van der Waals surface area contributed by atoms with Crippen LogP contribution in [-0.2, 0) is 10.0 Å². The lowest BCUT2D eigenvalue weighted by molar-refractivity contribution is 0.462. The van der Waals surface area contributed by atoms with Crippen LogP contribution in [0, 0.1) is 11.3 Å². The van der Waals surface area contributed by atoms with Gasteiger partial charge < -0.3 is 0 Å². The molecule has 0 aliphatic heterocycles. The van der Waals surface area contributed by atoms with Gasteiger partial charge in [0.1, 0.15) is 6.54 Å². The second-order valence-corrected chi connectivity index (χ2v) is 5.42. The minimum Gasteiger partial charge on any atom is -0.207 e. The van der Waals surface area contributed by atoms with Crippen molar-refractivity contribution in [3.63, 3.8) is 0 Å². The maximum atomic E-state index is 12.0. The van der Waals surface area contributed by atoms with Crippen LogP contribution in [0.25, 0.3) is 0 Å². The average Bonchev–Trinajstić information content (AvgIpc) is 2.26. The molecule has 4 nitrogen and oxygen atoms in total. The van der Waals surface area contributed by atoms with E-state index in [1.165, 1.54) is 24.3 Å². The van der Waals surface area contributed by atoms with Crippen molar-refractivity contribution in [1.29, 1.82) is 5.26 Å². The van der Waals surface area contributed by atoms with Gasteiger partial charge in [0.15, 0.2) is 0 Å². The average molecular weight is 259 g/mol. The van der Waals surface area contributed by atoms with Gasteiger partial charge in [0.05, 0.1) is 11.0 Å². The Morgan fingerprint density at radius 1 is 1.38 bits per heavy atom. The zero-order chi connectivity index (χ0) is 12.2. The van der Waals surface area contributed by atoms with Crippen molar-refractivity contribution < 1.29 is 8.42 Å². The zero-order valence-corrected chi connectivity index (χ0v) is 10.3. The summed E-state index contributed by atoms with van der Waals surface area (Å²) in [7, 11) is -3.58. The minimum absolute atomic E-state index is 0.147. The first-order valence-electron chi connectivity index (χ1n) is 4.65. The van der Waals surface area contributed by atoms with Crippen LogP contribution in [0.15, 0.2) is 29.2 Å². The fourth-order valence-electron chi connectivity index (χ4n) is 1.20. The van der Waals surface area contributed by atoms with Crippen molar-refractivity contribution >= 4 is 21.6 Å². The highest BCUT2D eigenvalue weighted by Crippen LogP contribution is 2.17. The van der Waals surface area contributed by atoms with E-state index in [1.54, 1.807) is 6.92 Å². The van der Waals surface area contributed by atoms with Crippen LogP contribution in [0.4, 0.5) is 0 Å². The fourth-order valence-corrected chi connectivity index (χ4v) is 2.67. The van der Waals surface area contributed by atoms with E-state index in [0.717, 1.165) is 4.31 Å². The van der Waals surface area contributed by atoms with Gasteiger partial charge in [-0.2, -0.15) is 9.57 Å². The summed E-state index contributed by atoms with van der Waals surface area (Å²) in [6, 6.07) is 7.70. The summed E-state index contributed by atoms with van der Waals surface area (Å²) < 4.78 is 25.1. The molecule has 86 valence electrons. The molecule has 0 heterocycles. The first-order valence-corrected chi connectivity index (χ1v) is 6.47. The van der Waals surface area contributed by atoms with Crippen molar-refractivity contribution in [3.05, 3.63) is 29.3 Å². The lowest BCUT2D eigenvalue weighted by atomic mass is 10.4. The quantitative estimate of drug-likeness (QED) is 0.775. The van der Waals surface area contributed by atoms with E-state index in [4.69, 9.17) is 16.9 Å². The van der Waals surface area contributed by atoms with E-state index in [0.29, 0.717) is 5.02 Å². The van der Waals surface area contributed by atoms with Gasteiger partial charge in [-0.15, -0.1) is 0 Å². The molecule has 0 N–H and O–H groups in total. The van der Waals surface area contributed by atoms with Crippen molar-refractivity contribution in [3.8, 4) is 6.07 Å². The molecular formula is C10H11ClN2O2S. The Kier molecular flexibility index (Phi) is 4.30. The molecule has 0 aliphatic rings. The highest BCUT2D eigenvalue weighted by Gasteiger charge is 2.22. The molecular weight excluding hydrogens is 248 g/mol. The van der Waals surface area contributed by atoms with Crippen LogP contribution in [0.1, 0.15) is 6.92 Å². The number of benzene rings is 1. The number of rotatable bonds is 4. The monoisotopic (exact) mass is 258 g/mol. The van der Waals surface area contributed by atoms with Crippen LogP contribution >= 0.6 is 11.6 Å². The molecule has 0 radical (unpaired) electrons. The first-order chi connectivity index (χ1) is 7.52. The molecule has 6 heteroatoms. The number of hydrogen-bond acceptors (Lipinski definition) is 3. The predicted octanol–water partition coefficient (Wildman–Crippen LogP) is 1.87. The fraction of sp³-hybridized carbons (Fsp3) is 0.300. The summed E-state index contributed by atoms with van der Waals surface area (Å²) in [6.07, 6.45) is 0. The van der Waals surface area contributed by atoms with Crippen molar-refractivity contribution in [2.75, 3.05) is 13.1 Å². The van der Waals surface area contributed by atoms with Crippen molar-refractivity contribution in [1.82, 2.24) is 4.31 Å². The molecule has 0 unspecified atom stereocenters. The Labute approximate surface area is 100 Å². The normalized spacial score (nSPS) is 11.4. The van der Waals surface area contributed by atoms with E-state index < -0.39 is 10.0 Å². The highest BCUT2D eigenvalue weighted by atomic mass is 35.5. The van der Waals surface area contributed by atoms with Gasteiger partial charge in [0.2, 0.25) is 10.0 Å². The molecule has 0 fully saturated rings. The third-order valence-corrected chi connectivity index (χ3v) is 4.24. The summed E-state index contributed by atoms with van der Waals surface area (Å²) in [5.74, 6) is 0. The van der Waals surface area contributed by atoms with Crippen molar-refractivity contribution in [2.45, 2.75) is 11.8 Å². The van der Waals surface area contributed by atoms with Gasteiger partial charge in [-0.05, 0) is 24.3 Å². The number of hydrogen-bond donors (Lipinski definition) is 0.